The van der Waals surface area contributed by atoms with Gasteiger partial charge in [-0.1, -0.05) is 65.7 Å². The van der Waals surface area contributed by atoms with Gasteiger partial charge in [0, 0.05) is 0 Å². The maximum atomic E-state index is 2.54. The van der Waals surface area contributed by atoms with E-state index in [9.17, 15) is 0 Å². The first kappa shape index (κ1) is 13.4. The quantitative estimate of drug-likeness (QED) is 0.429. The van der Waals surface area contributed by atoms with Crippen LogP contribution in [-0.4, -0.2) is 0 Å². The van der Waals surface area contributed by atoms with Gasteiger partial charge in [-0.25, -0.2) is 0 Å². The van der Waals surface area contributed by atoms with Crippen LogP contribution in [0.5, 0.6) is 0 Å². The summed E-state index contributed by atoms with van der Waals surface area (Å²) < 4.78 is 0. The lowest BCUT2D eigenvalue weighted by Crippen LogP contribution is -2.18. The van der Waals surface area contributed by atoms with Gasteiger partial charge in [-0.2, -0.15) is 0 Å². The second kappa shape index (κ2) is 6.25. The Morgan fingerprint density at radius 3 is 2.12 bits per heavy atom. The van der Waals surface area contributed by atoms with Crippen molar-refractivity contribution in [1.82, 2.24) is 0 Å². The zero-order valence-electron chi connectivity index (χ0n) is 12.3. The Morgan fingerprint density at radius 1 is 0.882 bits per heavy atom. The Labute approximate surface area is 109 Å². The summed E-state index contributed by atoms with van der Waals surface area (Å²) in [6, 6.07) is 0. The van der Waals surface area contributed by atoms with E-state index in [0.29, 0.717) is 0 Å². The first-order chi connectivity index (χ1) is 8.29. The molecule has 0 saturated heterocycles. The minimum absolute atomic E-state index is 1.01. The van der Waals surface area contributed by atoms with Gasteiger partial charge in [-0.15, -0.1) is 0 Å². The first-order valence-electron chi connectivity index (χ1n) is 8.29. The highest BCUT2D eigenvalue weighted by Gasteiger charge is 2.66. The van der Waals surface area contributed by atoms with Gasteiger partial charge >= 0.3 is 0 Å². The molecule has 0 radical (unpaired) electrons. The van der Waals surface area contributed by atoms with E-state index in [4.69, 9.17) is 0 Å². The lowest BCUT2D eigenvalue weighted by molar-refractivity contribution is 0.234. The third-order valence-corrected chi connectivity index (χ3v) is 5.37. The van der Waals surface area contributed by atoms with Crippen LogP contribution < -0.4 is 0 Å². The number of rotatable bonds is 10. The monoisotopic (exact) mass is 236 g/mol. The molecular formula is C17H32. The summed E-state index contributed by atoms with van der Waals surface area (Å²) in [5.74, 6) is 5.70. The van der Waals surface area contributed by atoms with Crippen molar-refractivity contribution in [2.24, 2.45) is 29.6 Å². The van der Waals surface area contributed by atoms with Gasteiger partial charge in [0.05, 0.1) is 0 Å². The van der Waals surface area contributed by atoms with Crippen LogP contribution in [-0.2, 0) is 0 Å². The molecule has 0 N–H and O–H groups in total. The maximum absolute atomic E-state index is 2.54. The summed E-state index contributed by atoms with van der Waals surface area (Å²) in [6.07, 6.45) is 13.3. The van der Waals surface area contributed by atoms with Crippen molar-refractivity contribution >= 4 is 0 Å². The number of hydrogen-bond acceptors (Lipinski definition) is 0. The fourth-order valence-corrected chi connectivity index (χ4v) is 3.87. The molecule has 2 fully saturated rings. The van der Waals surface area contributed by atoms with Gasteiger partial charge in [-0.3, -0.25) is 0 Å². The fraction of sp³-hybridized carbons (Fsp3) is 1.00. The van der Waals surface area contributed by atoms with Crippen LogP contribution in [0.2, 0.25) is 0 Å². The van der Waals surface area contributed by atoms with Crippen molar-refractivity contribution in [2.75, 3.05) is 0 Å². The van der Waals surface area contributed by atoms with E-state index in [2.05, 4.69) is 20.8 Å². The zero-order chi connectivity index (χ0) is 12.3. The maximum Gasteiger partial charge on any atom is -0.0321 e. The highest BCUT2D eigenvalue weighted by molar-refractivity contribution is 5.14. The molecule has 0 aromatic rings. The third-order valence-electron chi connectivity index (χ3n) is 5.37. The highest BCUT2D eigenvalue weighted by atomic mass is 14.7. The molecule has 2 rings (SSSR count). The molecule has 4 atom stereocenters. The van der Waals surface area contributed by atoms with Gasteiger partial charge in [0.25, 0.3) is 0 Å². The molecular weight excluding hydrogens is 204 g/mol. The third kappa shape index (κ3) is 3.48. The number of fused-ring (bicyclic) bond motifs is 1. The second-order valence-electron chi connectivity index (χ2n) is 6.77. The molecule has 0 bridgehead atoms. The largest absolute Gasteiger partial charge is 0.0654 e. The normalized spacial score (nSPS) is 33.0. The van der Waals surface area contributed by atoms with E-state index in [0.717, 1.165) is 11.8 Å². The van der Waals surface area contributed by atoms with Crippen LogP contribution in [0.3, 0.4) is 0 Å². The van der Waals surface area contributed by atoms with Crippen molar-refractivity contribution in [2.45, 2.75) is 78.6 Å². The predicted molar refractivity (Wildman–Crippen MR) is 76.0 cm³/mol. The Bertz CT molecular complexity index is 212. The van der Waals surface area contributed by atoms with Gasteiger partial charge in [0.1, 0.15) is 0 Å². The molecule has 0 aliphatic heterocycles. The predicted octanol–water partition coefficient (Wildman–Crippen LogP) is 5.67. The summed E-state index contributed by atoms with van der Waals surface area (Å²) in [7, 11) is 0. The first-order valence-corrected chi connectivity index (χ1v) is 8.29. The van der Waals surface area contributed by atoms with Gasteiger partial charge in [0.15, 0.2) is 0 Å². The van der Waals surface area contributed by atoms with Crippen molar-refractivity contribution in [3.63, 3.8) is 0 Å². The summed E-state index contributed by atoms with van der Waals surface area (Å²) in [5, 5.41) is 0. The molecule has 2 saturated carbocycles. The van der Waals surface area contributed by atoms with E-state index in [1.165, 1.54) is 62.7 Å². The Hall–Kier alpha value is 0. The van der Waals surface area contributed by atoms with Crippen LogP contribution in [0.1, 0.15) is 78.6 Å². The molecule has 17 heavy (non-hydrogen) atoms. The van der Waals surface area contributed by atoms with Gasteiger partial charge < -0.3 is 0 Å². The summed E-state index contributed by atoms with van der Waals surface area (Å²) in [5.41, 5.74) is 0. The molecule has 0 heterocycles. The molecule has 0 heteroatoms. The molecule has 4 unspecified atom stereocenters. The Kier molecular flexibility index (Phi) is 4.94. The average molecular weight is 236 g/mol. The van der Waals surface area contributed by atoms with Gasteiger partial charge in [0.2, 0.25) is 0 Å². The Balaban J connectivity index is 1.69. The molecule has 0 spiro atoms. The highest BCUT2D eigenvalue weighted by Crippen LogP contribution is 2.72. The second-order valence-corrected chi connectivity index (χ2v) is 6.77. The smallest absolute Gasteiger partial charge is 0.0321 e. The summed E-state index contributed by atoms with van der Waals surface area (Å²) in [4.78, 5) is 0. The fourth-order valence-electron chi connectivity index (χ4n) is 3.87. The van der Waals surface area contributed by atoms with Crippen molar-refractivity contribution in [1.29, 1.82) is 0 Å². The van der Waals surface area contributed by atoms with E-state index >= 15 is 0 Å². The lowest BCUT2D eigenvalue weighted by Gasteiger charge is -2.26. The van der Waals surface area contributed by atoms with Crippen molar-refractivity contribution in [3.05, 3.63) is 0 Å². The van der Waals surface area contributed by atoms with Crippen LogP contribution in [0.15, 0.2) is 0 Å². The molecule has 0 aromatic heterocycles. The number of hydrogen-bond donors (Lipinski definition) is 0. The molecule has 0 amide bonds. The zero-order valence-corrected chi connectivity index (χ0v) is 12.3. The van der Waals surface area contributed by atoms with Crippen LogP contribution in [0.25, 0.3) is 0 Å². The van der Waals surface area contributed by atoms with Crippen molar-refractivity contribution < 1.29 is 0 Å². The molecule has 0 aromatic carbocycles. The van der Waals surface area contributed by atoms with Crippen LogP contribution >= 0.6 is 0 Å². The minimum atomic E-state index is 1.01. The topological polar surface area (TPSA) is 0 Å². The van der Waals surface area contributed by atoms with E-state index in [1.807, 2.05) is 0 Å². The summed E-state index contributed by atoms with van der Waals surface area (Å²) in [6.45, 7) is 7.19. The molecule has 2 aliphatic rings. The average Bonchev–Trinajstić information content (AvgIpc) is 3.20. The Morgan fingerprint density at radius 2 is 1.59 bits per heavy atom. The van der Waals surface area contributed by atoms with E-state index in [1.54, 1.807) is 12.8 Å². The standard InChI is InChI=1S/C17H32/c1-4-6-8-9-11-14(13(3)10-7-5-2)17-15-12-16(15)17/h13-17H,4-12H2,1-3H3. The van der Waals surface area contributed by atoms with Gasteiger partial charge in [-0.05, 0) is 42.4 Å². The van der Waals surface area contributed by atoms with Crippen LogP contribution in [0, 0.1) is 29.6 Å². The van der Waals surface area contributed by atoms with E-state index < -0.39 is 0 Å². The molecule has 100 valence electrons. The van der Waals surface area contributed by atoms with E-state index in [-0.39, 0.29) is 0 Å². The molecule has 0 nitrogen and oxygen atoms in total. The van der Waals surface area contributed by atoms with Crippen LogP contribution in [0.4, 0.5) is 0 Å². The minimum Gasteiger partial charge on any atom is -0.0654 e. The summed E-state index contributed by atoms with van der Waals surface area (Å²) >= 11 is 0. The van der Waals surface area contributed by atoms with Crippen molar-refractivity contribution in [3.8, 4) is 0 Å². The molecule has 2 aliphatic carbocycles. The SMILES string of the molecule is CCCCCCC(C(C)CCCC)C1C2CC21. The lowest BCUT2D eigenvalue weighted by atomic mass is 9.79. The number of unbranched alkanes of at least 4 members (excludes halogenated alkanes) is 4.